The lowest BCUT2D eigenvalue weighted by Gasteiger charge is -2.16. The number of carbonyl (C=O) groups excluding carboxylic acids is 2. The molecule has 0 unspecified atom stereocenters. The van der Waals surface area contributed by atoms with E-state index in [1.807, 2.05) is 32.0 Å². The predicted octanol–water partition coefficient (Wildman–Crippen LogP) is 2.83. The fourth-order valence-corrected chi connectivity index (χ4v) is 3.81. The summed E-state index contributed by atoms with van der Waals surface area (Å²) in [6.07, 6.45) is 1.19. The number of hydrogen-bond acceptors (Lipinski definition) is 4. The largest absolute Gasteiger partial charge is 0.352 e. The van der Waals surface area contributed by atoms with Crippen molar-refractivity contribution in [3.63, 3.8) is 0 Å². The van der Waals surface area contributed by atoms with Crippen LogP contribution in [-0.4, -0.2) is 27.0 Å². The van der Waals surface area contributed by atoms with Crippen molar-refractivity contribution in [2.75, 3.05) is 0 Å². The molecule has 2 aromatic carbocycles. The molecule has 8 nitrogen and oxygen atoms in total. The molecule has 0 radical (unpaired) electrons. The molecule has 0 spiro atoms. The van der Waals surface area contributed by atoms with Gasteiger partial charge >= 0.3 is 5.69 Å². The van der Waals surface area contributed by atoms with E-state index in [4.69, 9.17) is 11.6 Å². The summed E-state index contributed by atoms with van der Waals surface area (Å²) in [4.78, 5) is 50.9. The van der Waals surface area contributed by atoms with Gasteiger partial charge in [-0.1, -0.05) is 48.9 Å². The van der Waals surface area contributed by atoms with Crippen molar-refractivity contribution in [3.05, 3.63) is 80.0 Å². The molecule has 0 bridgehead atoms. The van der Waals surface area contributed by atoms with Crippen LogP contribution >= 0.6 is 11.6 Å². The van der Waals surface area contributed by atoms with E-state index in [9.17, 15) is 19.2 Å². The van der Waals surface area contributed by atoms with Crippen LogP contribution in [0.25, 0.3) is 10.9 Å². The Hall–Kier alpha value is -3.39. The van der Waals surface area contributed by atoms with E-state index >= 15 is 0 Å². The molecule has 3 aromatic rings. The summed E-state index contributed by atoms with van der Waals surface area (Å²) in [5, 5.41) is 6.57. The van der Waals surface area contributed by atoms with Crippen LogP contribution < -0.4 is 21.9 Å². The number of benzene rings is 2. The van der Waals surface area contributed by atoms with E-state index in [0.717, 1.165) is 16.6 Å². The van der Waals surface area contributed by atoms with Crippen LogP contribution in [-0.2, 0) is 29.2 Å². The Labute approximate surface area is 202 Å². The van der Waals surface area contributed by atoms with Gasteiger partial charge < -0.3 is 10.6 Å². The van der Waals surface area contributed by atoms with Crippen molar-refractivity contribution in [1.29, 1.82) is 0 Å². The first-order valence-electron chi connectivity index (χ1n) is 11.3. The van der Waals surface area contributed by atoms with Crippen LogP contribution in [0.5, 0.6) is 0 Å². The Morgan fingerprint density at radius 1 is 1.00 bits per heavy atom. The van der Waals surface area contributed by atoms with Crippen molar-refractivity contribution in [1.82, 2.24) is 19.8 Å². The second-order valence-corrected chi connectivity index (χ2v) is 8.60. The standard InChI is InChI=1S/C25H29ClN4O4/c1-3-17(2)28-23(32)16-30-21-12-7-5-10-19(21)24(33)29(25(30)34)14-8-13-22(31)27-15-18-9-4-6-11-20(18)26/h4-7,9-12,17H,3,8,13-16H2,1-2H3,(H,27,31)(H,28,32)/t17-/m0/s1. The molecule has 9 heteroatoms. The normalized spacial score (nSPS) is 11.9. The van der Waals surface area contributed by atoms with Gasteiger partial charge in [-0.3, -0.25) is 23.5 Å². The molecule has 2 amide bonds. The Bertz CT molecular complexity index is 1300. The van der Waals surface area contributed by atoms with Gasteiger partial charge in [0.25, 0.3) is 5.56 Å². The third-order valence-corrected chi connectivity index (χ3v) is 6.04. The Morgan fingerprint density at radius 3 is 2.44 bits per heavy atom. The van der Waals surface area contributed by atoms with Crippen LogP contribution in [0.1, 0.15) is 38.7 Å². The van der Waals surface area contributed by atoms with Crippen LogP contribution in [0.15, 0.2) is 58.1 Å². The molecule has 1 heterocycles. The number of halogens is 1. The molecule has 0 aliphatic heterocycles. The molecule has 34 heavy (non-hydrogen) atoms. The molecule has 0 aliphatic rings. The van der Waals surface area contributed by atoms with E-state index in [1.165, 1.54) is 4.57 Å². The molecule has 0 saturated heterocycles. The lowest BCUT2D eigenvalue weighted by Crippen LogP contribution is -2.43. The highest BCUT2D eigenvalue weighted by Gasteiger charge is 2.16. The fraction of sp³-hybridized carbons (Fsp3) is 0.360. The number of amides is 2. The number of aromatic nitrogens is 2. The van der Waals surface area contributed by atoms with E-state index in [-0.39, 0.29) is 37.4 Å². The molecular formula is C25H29ClN4O4. The smallest absolute Gasteiger partial charge is 0.331 e. The van der Waals surface area contributed by atoms with Gasteiger partial charge in [-0.2, -0.15) is 0 Å². The molecular weight excluding hydrogens is 456 g/mol. The summed E-state index contributed by atoms with van der Waals surface area (Å²) < 4.78 is 2.41. The Kier molecular flexibility index (Phi) is 8.65. The maximum atomic E-state index is 13.1. The van der Waals surface area contributed by atoms with Gasteiger partial charge in [0, 0.05) is 30.6 Å². The number of fused-ring (bicyclic) bond motifs is 1. The minimum Gasteiger partial charge on any atom is -0.352 e. The highest BCUT2D eigenvalue weighted by atomic mass is 35.5. The molecule has 1 atom stereocenters. The maximum absolute atomic E-state index is 13.1. The van der Waals surface area contributed by atoms with Crippen LogP contribution in [0.2, 0.25) is 5.02 Å². The molecule has 1 aromatic heterocycles. The minimum absolute atomic E-state index is 0.0235. The zero-order valence-electron chi connectivity index (χ0n) is 19.3. The number of nitrogens with one attached hydrogen (secondary N) is 2. The summed E-state index contributed by atoms with van der Waals surface area (Å²) in [5.74, 6) is -0.507. The summed E-state index contributed by atoms with van der Waals surface area (Å²) in [7, 11) is 0. The third-order valence-electron chi connectivity index (χ3n) is 5.67. The Balaban J connectivity index is 1.74. The quantitative estimate of drug-likeness (QED) is 0.462. The molecule has 2 N–H and O–H groups in total. The zero-order valence-corrected chi connectivity index (χ0v) is 20.1. The van der Waals surface area contributed by atoms with E-state index < -0.39 is 11.2 Å². The highest BCUT2D eigenvalue weighted by molar-refractivity contribution is 6.31. The van der Waals surface area contributed by atoms with Crippen LogP contribution in [0, 0.1) is 0 Å². The van der Waals surface area contributed by atoms with Crippen molar-refractivity contribution >= 4 is 34.3 Å². The van der Waals surface area contributed by atoms with Crippen LogP contribution in [0.3, 0.4) is 0 Å². The number of nitrogens with zero attached hydrogens (tertiary/aromatic N) is 2. The van der Waals surface area contributed by atoms with Gasteiger partial charge in [0.15, 0.2) is 0 Å². The second kappa shape index (κ2) is 11.7. The topological polar surface area (TPSA) is 102 Å². The predicted molar refractivity (Wildman–Crippen MR) is 133 cm³/mol. The first-order chi connectivity index (χ1) is 16.3. The van der Waals surface area contributed by atoms with E-state index in [0.29, 0.717) is 28.9 Å². The average Bonchev–Trinajstić information content (AvgIpc) is 2.83. The van der Waals surface area contributed by atoms with Crippen molar-refractivity contribution in [2.24, 2.45) is 0 Å². The van der Waals surface area contributed by atoms with Gasteiger partial charge in [0.2, 0.25) is 11.8 Å². The van der Waals surface area contributed by atoms with Crippen LogP contribution in [0.4, 0.5) is 0 Å². The first kappa shape index (κ1) is 25.2. The lowest BCUT2D eigenvalue weighted by molar-refractivity contribution is -0.122. The van der Waals surface area contributed by atoms with Crippen molar-refractivity contribution in [3.8, 4) is 0 Å². The summed E-state index contributed by atoms with van der Waals surface area (Å²) >= 11 is 6.11. The number of carbonyl (C=O) groups is 2. The van der Waals surface area contributed by atoms with Gasteiger partial charge in [0.1, 0.15) is 6.54 Å². The second-order valence-electron chi connectivity index (χ2n) is 8.19. The van der Waals surface area contributed by atoms with Crippen molar-refractivity contribution < 1.29 is 9.59 Å². The Morgan fingerprint density at radius 2 is 1.71 bits per heavy atom. The van der Waals surface area contributed by atoms with Gasteiger partial charge in [-0.15, -0.1) is 0 Å². The van der Waals surface area contributed by atoms with Gasteiger partial charge in [0.05, 0.1) is 10.9 Å². The summed E-state index contributed by atoms with van der Waals surface area (Å²) in [6.45, 7) is 4.01. The minimum atomic E-state index is -0.570. The van der Waals surface area contributed by atoms with Gasteiger partial charge in [-0.05, 0) is 43.5 Å². The summed E-state index contributed by atoms with van der Waals surface area (Å²) in [5.41, 5.74) is 0.211. The molecule has 180 valence electrons. The van der Waals surface area contributed by atoms with Crippen molar-refractivity contribution in [2.45, 2.75) is 58.8 Å². The SMILES string of the molecule is CC[C@H](C)NC(=O)Cn1c(=O)n(CCCC(=O)NCc2ccccc2Cl)c(=O)c2ccccc21. The number of rotatable bonds is 10. The van der Waals surface area contributed by atoms with E-state index in [1.54, 1.807) is 30.3 Å². The molecule has 0 saturated carbocycles. The molecule has 0 fully saturated rings. The lowest BCUT2D eigenvalue weighted by atomic mass is 10.2. The maximum Gasteiger partial charge on any atom is 0.331 e. The first-order valence-corrected chi connectivity index (χ1v) is 11.7. The highest BCUT2D eigenvalue weighted by Crippen LogP contribution is 2.14. The number of para-hydroxylation sites is 1. The van der Waals surface area contributed by atoms with E-state index in [2.05, 4.69) is 10.6 Å². The summed E-state index contributed by atoms with van der Waals surface area (Å²) in [6, 6.07) is 13.9. The molecule has 3 rings (SSSR count). The number of hydrogen-bond donors (Lipinski definition) is 2. The average molecular weight is 485 g/mol. The fourth-order valence-electron chi connectivity index (χ4n) is 3.61. The third kappa shape index (κ3) is 6.14. The monoisotopic (exact) mass is 484 g/mol. The molecule has 0 aliphatic carbocycles. The zero-order chi connectivity index (χ0) is 24.7. The van der Waals surface area contributed by atoms with Gasteiger partial charge in [-0.25, -0.2) is 4.79 Å².